The third kappa shape index (κ3) is 5.51. The molecule has 0 aromatic heterocycles. The van der Waals surface area contributed by atoms with E-state index in [9.17, 15) is 9.59 Å². The highest BCUT2D eigenvalue weighted by Gasteiger charge is 2.30. The molecule has 2 atom stereocenters. The Morgan fingerprint density at radius 1 is 1.34 bits per heavy atom. The summed E-state index contributed by atoms with van der Waals surface area (Å²) < 4.78 is 6.17. The van der Waals surface area contributed by atoms with E-state index in [0.717, 1.165) is 14.8 Å². The van der Waals surface area contributed by atoms with Crippen LogP contribution < -0.4 is 10.6 Å². The fraction of sp³-hybridized carbons (Fsp3) is 0.273. The molecule has 1 aliphatic rings. The Hall–Kier alpha value is -2.06. The Bertz CT molecular complexity index is 918. The average molecular weight is 525 g/mol. The van der Waals surface area contributed by atoms with Gasteiger partial charge in [-0.25, -0.2) is 4.79 Å². The first-order valence-corrected chi connectivity index (χ1v) is 10.9. The predicted molar refractivity (Wildman–Crippen MR) is 123 cm³/mol. The minimum atomic E-state index is -0.626. The maximum Gasteiger partial charge on any atom is 0.328 e. The standard InChI is InChI=1S/C22H22ClIN2O3/c1-2-29-22(28)19(26-20-12-15(23)8-10-18(20)24)11-9-16-17(13-25-21(16)27)14-6-4-3-5-7-14/h3-10,12,17,19,26H,2,11,13H2,1H3,(H,25,27)/t17-,19?/m0/s1. The molecule has 0 radical (unpaired) electrons. The fourth-order valence-corrected chi connectivity index (χ4v) is 3.94. The van der Waals surface area contributed by atoms with Crippen LogP contribution in [-0.4, -0.2) is 31.1 Å². The molecule has 1 heterocycles. The van der Waals surface area contributed by atoms with Gasteiger partial charge in [-0.05, 0) is 59.7 Å². The van der Waals surface area contributed by atoms with E-state index in [1.165, 1.54) is 0 Å². The molecule has 0 bridgehead atoms. The lowest BCUT2D eigenvalue weighted by Gasteiger charge is -2.19. The van der Waals surface area contributed by atoms with Gasteiger partial charge < -0.3 is 15.4 Å². The van der Waals surface area contributed by atoms with E-state index in [2.05, 4.69) is 33.2 Å². The molecular formula is C22H22ClIN2O3. The van der Waals surface area contributed by atoms with Gasteiger partial charge in [0.2, 0.25) is 5.91 Å². The van der Waals surface area contributed by atoms with Crippen molar-refractivity contribution in [2.75, 3.05) is 18.5 Å². The van der Waals surface area contributed by atoms with Crippen molar-refractivity contribution in [1.29, 1.82) is 0 Å². The highest BCUT2D eigenvalue weighted by Crippen LogP contribution is 2.29. The van der Waals surface area contributed by atoms with Crippen LogP contribution in [0.5, 0.6) is 0 Å². The van der Waals surface area contributed by atoms with E-state index in [1.807, 2.05) is 42.5 Å². The topological polar surface area (TPSA) is 67.4 Å². The van der Waals surface area contributed by atoms with Crippen molar-refractivity contribution in [2.24, 2.45) is 0 Å². The molecule has 1 aliphatic heterocycles. The van der Waals surface area contributed by atoms with Crippen LogP contribution in [0.3, 0.4) is 0 Å². The van der Waals surface area contributed by atoms with E-state index in [0.29, 0.717) is 23.6 Å². The Morgan fingerprint density at radius 3 is 2.83 bits per heavy atom. The van der Waals surface area contributed by atoms with Crippen LogP contribution in [0.15, 0.2) is 60.2 Å². The Morgan fingerprint density at radius 2 is 2.10 bits per heavy atom. The molecule has 1 saturated heterocycles. The van der Waals surface area contributed by atoms with Gasteiger partial charge in [0.25, 0.3) is 0 Å². The number of carbonyl (C=O) groups is 2. The Kier molecular flexibility index (Phi) is 7.55. The van der Waals surface area contributed by atoms with Gasteiger partial charge in [-0.1, -0.05) is 48.0 Å². The molecule has 2 aromatic carbocycles. The van der Waals surface area contributed by atoms with Crippen LogP contribution in [-0.2, 0) is 14.3 Å². The number of hydrogen-bond donors (Lipinski definition) is 2. The van der Waals surface area contributed by atoms with Crippen molar-refractivity contribution in [2.45, 2.75) is 25.3 Å². The molecular weight excluding hydrogens is 503 g/mol. The average Bonchev–Trinajstić information content (AvgIpc) is 3.09. The SMILES string of the molecule is CCOC(=O)C(CC=C1C(=O)NC[C@H]1c1ccccc1)Nc1cc(Cl)ccc1I. The van der Waals surface area contributed by atoms with Crippen molar-refractivity contribution in [3.05, 3.63) is 74.3 Å². The van der Waals surface area contributed by atoms with Crippen LogP contribution in [0, 0.1) is 3.57 Å². The third-order valence-corrected chi connectivity index (χ3v) is 5.88. The van der Waals surface area contributed by atoms with Gasteiger partial charge in [-0.15, -0.1) is 0 Å². The second kappa shape index (κ2) is 10.1. The maximum absolute atomic E-state index is 12.5. The van der Waals surface area contributed by atoms with Crippen LogP contribution in [0.4, 0.5) is 5.69 Å². The number of amides is 1. The van der Waals surface area contributed by atoms with Crippen molar-refractivity contribution >= 4 is 51.8 Å². The second-order valence-electron chi connectivity index (χ2n) is 6.64. The number of nitrogens with one attached hydrogen (secondary N) is 2. The lowest BCUT2D eigenvalue weighted by molar-refractivity contribution is -0.144. The number of anilines is 1. The Labute approximate surface area is 189 Å². The minimum absolute atomic E-state index is 0.0298. The monoisotopic (exact) mass is 524 g/mol. The van der Waals surface area contributed by atoms with Gasteiger partial charge in [0.1, 0.15) is 6.04 Å². The van der Waals surface area contributed by atoms with Gasteiger partial charge in [-0.2, -0.15) is 0 Å². The smallest absolute Gasteiger partial charge is 0.328 e. The number of benzene rings is 2. The van der Waals surface area contributed by atoms with Gasteiger partial charge in [0.05, 0.1) is 6.61 Å². The first-order valence-electron chi connectivity index (χ1n) is 9.41. The first-order chi connectivity index (χ1) is 14.0. The molecule has 0 spiro atoms. The van der Waals surface area contributed by atoms with E-state index in [-0.39, 0.29) is 24.4 Å². The van der Waals surface area contributed by atoms with Gasteiger partial charge in [0.15, 0.2) is 0 Å². The zero-order valence-electron chi connectivity index (χ0n) is 16.0. The summed E-state index contributed by atoms with van der Waals surface area (Å²) in [6.45, 7) is 2.61. The summed E-state index contributed by atoms with van der Waals surface area (Å²) in [6, 6.07) is 14.7. The summed E-state index contributed by atoms with van der Waals surface area (Å²) >= 11 is 8.29. The van der Waals surface area contributed by atoms with E-state index in [4.69, 9.17) is 16.3 Å². The zero-order chi connectivity index (χ0) is 20.8. The highest BCUT2D eigenvalue weighted by molar-refractivity contribution is 14.1. The molecule has 1 unspecified atom stereocenters. The molecule has 2 N–H and O–H groups in total. The normalized spacial score (nSPS) is 18.4. The first kappa shape index (κ1) is 21.6. The molecule has 0 aliphatic carbocycles. The lowest BCUT2D eigenvalue weighted by atomic mass is 9.92. The number of carbonyl (C=O) groups excluding carboxylic acids is 2. The molecule has 0 saturated carbocycles. The van der Waals surface area contributed by atoms with Gasteiger partial charge in [0, 0.05) is 32.3 Å². The summed E-state index contributed by atoms with van der Waals surface area (Å²) in [5.74, 6) is -0.494. The number of esters is 1. The molecule has 1 amide bonds. The number of ether oxygens (including phenoxy) is 1. The van der Waals surface area contributed by atoms with E-state index < -0.39 is 6.04 Å². The summed E-state index contributed by atoms with van der Waals surface area (Å²) in [5, 5.41) is 6.70. The zero-order valence-corrected chi connectivity index (χ0v) is 18.9. The maximum atomic E-state index is 12.5. The van der Waals surface area contributed by atoms with Gasteiger partial charge in [-0.3, -0.25) is 4.79 Å². The number of halogens is 2. The van der Waals surface area contributed by atoms with Crippen molar-refractivity contribution in [3.8, 4) is 0 Å². The largest absolute Gasteiger partial charge is 0.464 e. The minimum Gasteiger partial charge on any atom is -0.464 e. The number of hydrogen-bond acceptors (Lipinski definition) is 4. The molecule has 7 heteroatoms. The lowest BCUT2D eigenvalue weighted by Crippen LogP contribution is -2.31. The van der Waals surface area contributed by atoms with Gasteiger partial charge >= 0.3 is 5.97 Å². The van der Waals surface area contributed by atoms with Crippen LogP contribution in [0.1, 0.15) is 24.8 Å². The van der Waals surface area contributed by atoms with Crippen LogP contribution in [0.25, 0.3) is 0 Å². The molecule has 29 heavy (non-hydrogen) atoms. The van der Waals surface area contributed by atoms with Crippen LogP contribution in [0.2, 0.25) is 5.02 Å². The molecule has 1 fully saturated rings. The predicted octanol–water partition coefficient (Wildman–Crippen LogP) is 4.52. The van der Waals surface area contributed by atoms with Crippen molar-refractivity contribution in [1.82, 2.24) is 5.32 Å². The van der Waals surface area contributed by atoms with E-state index >= 15 is 0 Å². The molecule has 152 valence electrons. The summed E-state index contributed by atoms with van der Waals surface area (Å²) in [4.78, 5) is 24.9. The number of rotatable bonds is 7. The fourth-order valence-electron chi connectivity index (χ4n) is 3.28. The Balaban J connectivity index is 1.84. The quantitative estimate of drug-likeness (QED) is 0.318. The summed E-state index contributed by atoms with van der Waals surface area (Å²) in [7, 11) is 0. The molecule has 5 nitrogen and oxygen atoms in total. The molecule has 3 rings (SSSR count). The van der Waals surface area contributed by atoms with Crippen LogP contribution >= 0.6 is 34.2 Å². The summed E-state index contributed by atoms with van der Waals surface area (Å²) in [6.07, 6.45) is 2.17. The third-order valence-electron chi connectivity index (χ3n) is 4.71. The molecule has 2 aromatic rings. The highest BCUT2D eigenvalue weighted by atomic mass is 127. The van der Waals surface area contributed by atoms with Crippen molar-refractivity contribution < 1.29 is 14.3 Å². The van der Waals surface area contributed by atoms with E-state index in [1.54, 1.807) is 19.1 Å². The van der Waals surface area contributed by atoms with Crippen molar-refractivity contribution in [3.63, 3.8) is 0 Å². The summed E-state index contributed by atoms with van der Waals surface area (Å²) in [5.41, 5.74) is 2.50. The second-order valence-corrected chi connectivity index (χ2v) is 8.24.